The van der Waals surface area contributed by atoms with Gasteiger partial charge in [0.15, 0.2) is 0 Å². The lowest BCUT2D eigenvalue weighted by atomic mass is 9.79. The summed E-state index contributed by atoms with van der Waals surface area (Å²) in [7, 11) is 0. The minimum Gasteiger partial charge on any atom is -0.493 e. The molecule has 0 saturated carbocycles. The number of fused-ring (bicyclic) bond motifs is 6. The van der Waals surface area contributed by atoms with Crippen LogP contribution in [0.15, 0.2) is 24.3 Å². The number of halogens is 2. The van der Waals surface area contributed by atoms with E-state index in [0.717, 1.165) is 68.6 Å². The van der Waals surface area contributed by atoms with Crippen LogP contribution < -0.4 is 9.47 Å². The van der Waals surface area contributed by atoms with Crippen molar-refractivity contribution in [3.63, 3.8) is 0 Å². The highest BCUT2D eigenvalue weighted by Crippen LogP contribution is 2.43. The Hall–Kier alpha value is -2.34. The first-order valence-corrected chi connectivity index (χ1v) is 19.1. The molecule has 292 valence electrons. The lowest BCUT2D eigenvalue weighted by Gasteiger charge is -2.46. The number of hydrogen-bond donors (Lipinski definition) is 4. The number of aliphatic hydroxyl groups excluding tert-OH is 4. The Kier molecular flexibility index (Phi) is 12.3. The van der Waals surface area contributed by atoms with Crippen LogP contribution >= 0.6 is 0 Å². The quantitative estimate of drug-likeness (QED) is 0.164. The number of aliphatic hydroxyl groups is 4. The molecule has 4 N–H and O–H groups in total. The molecule has 8 nitrogen and oxygen atoms in total. The molecule has 4 aliphatic rings. The molecule has 6 rings (SSSR count). The zero-order valence-corrected chi connectivity index (χ0v) is 31.3. The van der Waals surface area contributed by atoms with Crippen LogP contribution in [0.25, 0.3) is 0 Å². The van der Waals surface area contributed by atoms with Gasteiger partial charge in [0, 0.05) is 64.9 Å². The highest BCUT2D eigenvalue weighted by molar-refractivity contribution is 5.46. The molecule has 2 aromatic carbocycles. The molecular weight excluding hydrogens is 664 g/mol. The number of rotatable bonds is 14. The molecule has 0 spiro atoms. The number of benzene rings is 2. The Labute approximate surface area is 318 Å². The summed E-state index contributed by atoms with van der Waals surface area (Å²) in [5.74, 6) is 2.13. The van der Waals surface area contributed by atoms with Crippen molar-refractivity contribution in [2.45, 2.75) is 117 Å². The van der Waals surface area contributed by atoms with Gasteiger partial charge in [-0.3, -0.25) is 18.6 Å². The minimum atomic E-state index is -3.98. The Morgan fingerprint density at radius 1 is 0.769 bits per heavy atom. The van der Waals surface area contributed by atoms with Gasteiger partial charge >= 0.3 is 0 Å². The molecule has 52 heavy (non-hydrogen) atoms. The average Bonchev–Trinajstić information content (AvgIpc) is 3.14. The normalized spacial score (nSPS) is 28.4. The van der Waals surface area contributed by atoms with E-state index in [1.54, 1.807) is 6.07 Å². The lowest BCUT2D eigenvalue weighted by Crippen LogP contribution is -2.48. The van der Waals surface area contributed by atoms with Crippen molar-refractivity contribution in [3.8, 4) is 11.5 Å². The Bertz CT molecular complexity index is 1680. The van der Waals surface area contributed by atoms with Crippen molar-refractivity contribution in [2.24, 2.45) is 23.7 Å². The fraction of sp³-hybridized carbons (Fsp3) is 0.714. The fourth-order valence-corrected chi connectivity index (χ4v) is 8.82. The van der Waals surface area contributed by atoms with Crippen LogP contribution in [0.1, 0.15) is 120 Å². The summed E-state index contributed by atoms with van der Waals surface area (Å²) in [6.45, 7) is 4.13. The van der Waals surface area contributed by atoms with Gasteiger partial charge in [0.2, 0.25) is 0 Å². The zero-order chi connectivity index (χ0) is 42.7. The summed E-state index contributed by atoms with van der Waals surface area (Å²) in [6, 6.07) is 7.40. The maximum atomic E-state index is 13.7. The lowest BCUT2D eigenvalue weighted by molar-refractivity contribution is -0.0192. The smallest absolute Gasteiger partial charge is 0.125 e. The van der Waals surface area contributed by atoms with Gasteiger partial charge in [-0.1, -0.05) is 27.7 Å². The number of piperidine rings is 2. The van der Waals surface area contributed by atoms with E-state index in [1.807, 2.05) is 12.1 Å². The van der Waals surface area contributed by atoms with Crippen LogP contribution in [0, 0.1) is 23.7 Å². The van der Waals surface area contributed by atoms with Crippen molar-refractivity contribution in [1.29, 1.82) is 0 Å². The van der Waals surface area contributed by atoms with Crippen LogP contribution in [0.3, 0.4) is 0 Å². The van der Waals surface area contributed by atoms with Crippen LogP contribution in [0.2, 0.25) is 0 Å². The molecule has 0 unspecified atom stereocenters. The molecule has 2 fully saturated rings. The molecule has 0 bridgehead atoms. The van der Waals surface area contributed by atoms with Gasteiger partial charge in [0.1, 0.15) is 11.5 Å². The first kappa shape index (κ1) is 33.0. The van der Waals surface area contributed by atoms with Crippen molar-refractivity contribution in [3.05, 3.63) is 57.6 Å². The molecule has 4 heterocycles. The van der Waals surface area contributed by atoms with E-state index < -0.39 is 38.9 Å². The van der Waals surface area contributed by atoms with E-state index in [0.29, 0.717) is 49.4 Å². The second-order valence-electron chi connectivity index (χ2n) is 15.9. The summed E-state index contributed by atoms with van der Waals surface area (Å²) in [6.07, 6.45) is 0.901. The highest BCUT2D eigenvalue weighted by Gasteiger charge is 2.40. The van der Waals surface area contributed by atoms with Gasteiger partial charge in [0.05, 0.1) is 57.4 Å². The van der Waals surface area contributed by atoms with Crippen LogP contribution in [0.5, 0.6) is 11.5 Å². The number of ether oxygens (including phenoxy) is 2. The standard InChI is InChI=1S/2C21H32FNO3/c2*1-14(2)8-16-12-23-6-4-15-10-21(26-7-3-5-22)17(13-24)9-18(15)19(23)11-20(16)25/h2*9-10,14,16,19-20,24-25H,3-8,11-13H2,1-2H3/t2*16-,19-,20-/m11/s1/i3D2,5D2,7D2,22-1;22-1. The van der Waals surface area contributed by atoms with E-state index >= 15 is 0 Å². The second kappa shape index (κ2) is 19.3. The van der Waals surface area contributed by atoms with E-state index in [-0.39, 0.29) is 42.0 Å². The maximum absolute atomic E-state index is 13.7. The molecule has 10 heteroatoms. The molecule has 0 amide bonds. The minimum absolute atomic E-state index is 0.0558. The van der Waals surface area contributed by atoms with Crippen molar-refractivity contribution >= 4 is 0 Å². The topological polar surface area (TPSA) is 106 Å². The van der Waals surface area contributed by atoms with Gasteiger partial charge in [-0.05, 0) is 109 Å². The third kappa shape index (κ3) is 10.0. The Morgan fingerprint density at radius 3 is 1.67 bits per heavy atom. The molecular formula is C42H64F2N2O6. The van der Waals surface area contributed by atoms with Gasteiger partial charge in [-0.15, -0.1) is 0 Å². The number of hydrogen-bond acceptors (Lipinski definition) is 8. The SMILES string of the molecule is CC(C)C[C@@H]1CN2CCc3cc(OCCC[18F])c(CO)cc3[C@H]2C[C@H]1O.[2H]C([2H])([18F])C([2H])([2H])C([2H])([2H])Oc1cc2c(cc1CO)[C@H]1C[C@@H](O)[C@H](CC(C)C)CN1CC2. The second-order valence-corrected chi connectivity index (χ2v) is 15.9. The molecule has 6 atom stereocenters. The average molecular weight is 735 g/mol. The predicted octanol–water partition coefficient (Wildman–Crippen LogP) is 6.49. The van der Waals surface area contributed by atoms with E-state index in [4.69, 9.17) is 17.7 Å². The van der Waals surface area contributed by atoms with Gasteiger partial charge in [-0.2, -0.15) is 0 Å². The third-order valence-electron chi connectivity index (χ3n) is 11.2. The van der Waals surface area contributed by atoms with E-state index in [2.05, 4.69) is 37.5 Å². The Morgan fingerprint density at radius 2 is 1.25 bits per heavy atom. The monoisotopic (exact) mass is 735 g/mol. The summed E-state index contributed by atoms with van der Waals surface area (Å²) in [5, 5.41) is 41.0. The summed E-state index contributed by atoms with van der Waals surface area (Å²) >= 11 is 0. The predicted molar refractivity (Wildman–Crippen MR) is 200 cm³/mol. The molecule has 0 aliphatic carbocycles. The van der Waals surface area contributed by atoms with Crippen molar-refractivity contribution in [1.82, 2.24) is 9.80 Å². The van der Waals surface area contributed by atoms with Gasteiger partial charge < -0.3 is 29.9 Å². The largest absolute Gasteiger partial charge is 0.493 e. The maximum Gasteiger partial charge on any atom is 0.125 e. The molecule has 4 aliphatic heterocycles. The highest BCUT2D eigenvalue weighted by atomic mass is 18.2. The van der Waals surface area contributed by atoms with Crippen LogP contribution in [-0.2, 0) is 26.1 Å². The molecule has 0 radical (unpaired) electrons. The van der Waals surface area contributed by atoms with Crippen LogP contribution in [0.4, 0.5) is 8.78 Å². The van der Waals surface area contributed by atoms with Crippen molar-refractivity contribution in [2.75, 3.05) is 52.6 Å². The first-order chi connectivity index (χ1) is 27.2. The number of nitrogens with zero attached hydrogens (tertiary/aromatic N) is 2. The van der Waals surface area contributed by atoms with Crippen molar-refractivity contribution < 1.29 is 46.9 Å². The number of alkyl halides is 2. The van der Waals surface area contributed by atoms with Crippen LogP contribution in [-0.4, -0.2) is 95.1 Å². The van der Waals surface area contributed by atoms with Gasteiger partial charge in [-0.25, -0.2) is 0 Å². The Balaban J connectivity index is 0.000000226. The summed E-state index contributed by atoms with van der Waals surface area (Å²) in [5.41, 5.74) is 5.12. The molecule has 2 saturated heterocycles. The zero-order valence-electron chi connectivity index (χ0n) is 37.3. The van der Waals surface area contributed by atoms with Gasteiger partial charge in [0.25, 0.3) is 0 Å². The summed E-state index contributed by atoms with van der Waals surface area (Å²) in [4.78, 5) is 4.81. The fourth-order valence-electron chi connectivity index (χ4n) is 8.82. The van der Waals surface area contributed by atoms with E-state index in [1.165, 1.54) is 17.2 Å². The third-order valence-corrected chi connectivity index (χ3v) is 11.2. The molecule has 2 aromatic rings. The summed E-state index contributed by atoms with van der Waals surface area (Å²) < 4.78 is 81.8. The van der Waals surface area contributed by atoms with E-state index in [9.17, 15) is 29.2 Å². The first-order valence-electron chi connectivity index (χ1n) is 22.1. The molecule has 0 aromatic heterocycles.